The topological polar surface area (TPSA) is 56.2 Å². The van der Waals surface area contributed by atoms with Gasteiger partial charge in [-0.3, -0.25) is 13.9 Å². The minimum Gasteiger partial charge on any atom is -0.293 e. The third-order valence-corrected chi connectivity index (χ3v) is 7.17. The molecule has 0 atom stereocenters. The van der Waals surface area contributed by atoms with Crippen LogP contribution < -0.4 is 4.90 Å². The van der Waals surface area contributed by atoms with E-state index in [1.54, 1.807) is 10.9 Å². The van der Waals surface area contributed by atoms with Crippen LogP contribution in [-0.2, 0) is 0 Å². The fourth-order valence-corrected chi connectivity index (χ4v) is 5.46. The Morgan fingerprint density at radius 3 is 2.10 bits per heavy atom. The van der Waals surface area contributed by atoms with Crippen LogP contribution in [0.15, 0.2) is 140 Å². The molecule has 40 heavy (non-hydrogen) atoms. The average Bonchev–Trinajstić information content (AvgIpc) is 3.75. The van der Waals surface area contributed by atoms with Crippen LogP contribution in [0.25, 0.3) is 39.3 Å². The number of pyridine rings is 1. The molecule has 0 spiro atoms. The number of nitrogens with zero attached hydrogens (tertiary/aromatic N) is 7. The molecule has 4 aromatic heterocycles. The van der Waals surface area contributed by atoms with Crippen molar-refractivity contribution < 1.29 is 0 Å². The number of benzene rings is 4. The summed E-state index contributed by atoms with van der Waals surface area (Å²) >= 11 is 0. The molecular weight excluding hydrogens is 494 g/mol. The summed E-state index contributed by atoms with van der Waals surface area (Å²) in [5.41, 5.74) is 7.14. The van der Waals surface area contributed by atoms with E-state index in [1.165, 1.54) is 0 Å². The molecule has 4 heterocycles. The molecule has 0 radical (unpaired) electrons. The van der Waals surface area contributed by atoms with Crippen molar-refractivity contribution in [3.05, 3.63) is 140 Å². The van der Waals surface area contributed by atoms with Gasteiger partial charge in [-0.15, -0.1) is 0 Å². The van der Waals surface area contributed by atoms with Crippen molar-refractivity contribution in [3.63, 3.8) is 0 Å². The summed E-state index contributed by atoms with van der Waals surface area (Å²) in [5.74, 6) is 2.38. The summed E-state index contributed by atoms with van der Waals surface area (Å²) in [7, 11) is 0. The molecule has 190 valence electrons. The maximum Gasteiger partial charge on any atom is 0.220 e. The van der Waals surface area contributed by atoms with E-state index < -0.39 is 0 Å². The highest BCUT2D eigenvalue weighted by Gasteiger charge is 2.23. The summed E-state index contributed by atoms with van der Waals surface area (Å²) in [6.45, 7) is 0. The lowest BCUT2D eigenvalue weighted by molar-refractivity contribution is 0.846. The SMILES string of the molecule is c1ccc(N(c2cccc(-n3cccn3)n2)c2cccc3c2nc2n(-c4ccccc4)c4ccccc4n32)cc1. The summed E-state index contributed by atoms with van der Waals surface area (Å²) in [6.07, 6.45) is 3.66. The van der Waals surface area contributed by atoms with Gasteiger partial charge < -0.3 is 0 Å². The Labute approximate surface area is 229 Å². The van der Waals surface area contributed by atoms with E-state index in [0.717, 1.165) is 56.5 Å². The molecule has 7 nitrogen and oxygen atoms in total. The molecule has 7 heteroatoms. The first-order valence-corrected chi connectivity index (χ1v) is 13.2. The standard InChI is InChI=1S/C33H23N7/c1-3-12-24(13-4-1)38(31-21-10-20-30(35-31)37-23-11-22-34-37)28-18-9-19-29-32(28)36-33-39(25-14-5-2-6-15-25)26-16-7-8-17-27(26)40(29)33/h1-23H. The monoisotopic (exact) mass is 517 g/mol. The van der Waals surface area contributed by atoms with Crippen LogP contribution in [0.4, 0.5) is 17.2 Å². The van der Waals surface area contributed by atoms with Crippen molar-refractivity contribution in [1.82, 2.24) is 28.7 Å². The third kappa shape index (κ3) is 3.41. The van der Waals surface area contributed by atoms with Crippen molar-refractivity contribution in [2.75, 3.05) is 4.90 Å². The van der Waals surface area contributed by atoms with Gasteiger partial charge >= 0.3 is 0 Å². The van der Waals surface area contributed by atoms with Gasteiger partial charge in [0.05, 0.1) is 22.2 Å². The van der Waals surface area contributed by atoms with Crippen molar-refractivity contribution in [1.29, 1.82) is 0 Å². The van der Waals surface area contributed by atoms with Gasteiger partial charge in [-0.2, -0.15) is 5.10 Å². The second kappa shape index (κ2) is 8.96. The Kier molecular flexibility index (Phi) is 4.99. The Balaban J connectivity index is 1.42. The van der Waals surface area contributed by atoms with Gasteiger partial charge in [0.1, 0.15) is 11.3 Å². The average molecular weight is 518 g/mol. The molecule has 0 bridgehead atoms. The predicted molar refractivity (Wildman–Crippen MR) is 159 cm³/mol. The van der Waals surface area contributed by atoms with Crippen molar-refractivity contribution in [3.8, 4) is 11.5 Å². The highest BCUT2D eigenvalue weighted by Crippen LogP contribution is 2.39. The molecule has 0 amide bonds. The van der Waals surface area contributed by atoms with Crippen LogP contribution in [0, 0.1) is 0 Å². The molecule has 0 fully saturated rings. The molecule has 4 aromatic carbocycles. The zero-order valence-corrected chi connectivity index (χ0v) is 21.4. The van der Waals surface area contributed by atoms with Crippen LogP contribution in [0.5, 0.6) is 0 Å². The molecule has 8 aromatic rings. The molecule has 0 aliphatic rings. The first-order chi connectivity index (χ1) is 19.9. The first kappa shape index (κ1) is 22.3. The largest absolute Gasteiger partial charge is 0.293 e. The number of aromatic nitrogens is 6. The minimum atomic E-state index is 0.743. The van der Waals surface area contributed by atoms with Crippen LogP contribution in [0.2, 0.25) is 0 Å². The molecule has 0 aliphatic heterocycles. The van der Waals surface area contributed by atoms with Gasteiger partial charge in [0.25, 0.3) is 0 Å². The second-order valence-electron chi connectivity index (χ2n) is 9.53. The number of hydrogen-bond donors (Lipinski definition) is 0. The number of rotatable bonds is 5. The van der Waals surface area contributed by atoms with Crippen molar-refractivity contribution in [2.24, 2.45) is 0 Å². The van der Waals surface area contributed by atoms with Crippen LogP contribution >= 0.6 is 0 Å². The summed E-state index contributed by atoms with van der Waals surface area (Å²) in [4.78, 5) is 12.5. The first-order valence-electron chi connectivity index (χ1n) is 13.2. The Bertz CT molecular complexity index is 2110. The maximum atomic E-state index is 5.31. The normalized spacial score (nSPS) is 11.5. The van der Waals surface area contributed by atoms with Gasteiger partial charge in [-0.1, -0.05) is 60.7 Å². The lowest BCUT2D eigenvalue weighted by Crippen LogP contribution is -2.13. The third-order valence-electron chi connectivity index (χ3n) is 7.17. The molecule has 0 saturated heterocycles. The van der Waals surface area contributed by atoms with Gasteiger partial charge in [-0.05, 0) is 66.7 Å². The minimum absolute atomic E-state index is 0.743. The molecule has 0 saturated carbocycles. The van der Waals surface area contributed by atoms with E-state index in [4.69, 9.17) is 9.97 Å². The predicted octanol–water partition coefficient (Wildman–Crippen LogP) is 7.48. The van der Waals surface area contributed by atoms with E-state index in [9.17, 15) is 0 Å². The number of para-hydroxylation sites is 5. The maximum absolute atomic E-state index is 5.31. The van der Waals surface area contributed by atoms with E-state index in [-0.39, 0.29) is 0 Å². The molecule has 8 rings (SSSR count). The number of imidazole rings is 2. The number of hydrogen-bond acceptors (Lipinski definition) is 4. The van der Waals surface area contributed by atoms with Gasteiger partial charge in [0, 0.05) is 23.8 Å². The molecular formula is C33H23N7. The van der Waals surface area contributed by atoms with Gasteiger partial charge in [0.2, 0.25) is 5.78 Å². The highest BCUT2D eigenvalue weighted by atomic mass is 15.3. The van der Waals surface area contributed by atoms with E-state index >= 15 is 0 Å². The van der Waals surface area contributed by atoms with E-state index in [2.05, 4.69) is 97.8 Å². The Morgan fingerprint density at radius 2 is 1.30 bits per heavy atom. The number of anilines is 3. The molecule has 0 N–H and O–H groups in total. The van der Waals surface area contributed by atoms with Crippen LogP contribution in [0.1, 0.15) is 0 Å². The van der Waals surface area contributed by atoms with E-state index in [1.807, 2.05) is 54.7 Å². The lowest BCUT2D eigenvalue weighted by atomic mass is 10.2. The number of fused-ring (bicyclic) bond motifs is 5. The summed E-state index contributed by atoms with van der Waals surface area (Å²) in [5, 5.41) is 4.39. The zero-order chi connectivity index (χ0) is 26.5. The fourth-order valence-electron chi connectivity index (χ4n) is 5.46. The van der Waals surface area contributed by atoms with Crippen molar-refractivity contribution >= 4 is 45.0 Å². The Morgan fingerprint density at radius 1 is 0.575 bits per heavy atom. The lowest BCUT2D eigenvalue weighted by Gasteiger charge is -2.25. The quantitative estimate of drug-likeness (QED) is 0.237. The summed E-state index contributed by atoms with van der Waals surface area (Å²) in [6, 6.07) is 43.4. The summed E-state index contributed by atoms with van der Waals surface area (Å²) < 4.78 is 6.24. The van der Waals surface area contributed by atoms with Gasteiger partial charge in [0.15, 0.2) is 5.82 Å². The van der Waals surface area contributed by atoms with E-state index in [0.29, 0.717) is 0 Å². The van der Waals surface area contributed by atoms with Crippen molar-refractivity contribution in [2.45, 2.75) is 0 Å². The molecule has 0 aliphatic carbocycles. The second-order valence-corrected chi connectivity index (χ2v) is 9.53. The van der Waals surface area contributed by atoms with Crippen LogP contribution in [-0.4, -0.2) is 28.7 Å². The zero-order valence-electron chi connectivity index (χ0n) is 21.4. The Hall–Kier alpha value is -5.69. The fraction of sp³-hybridized carbons (Fsp3) is 0. The smallest absolute Gasteiger partial charge is 0.220 e. The van der Waals surface area contributed by atoms with Crippen LogP contribution in [0.3, 0.4) is 0 Å². The highest BCUT2D eigenvalue weighted by molar-refractivity contribution is 6.00. The molecule has 0 unspecified atom stereocenters. The van der Waals surface area contributed by atoms with Gasteiger partial charge in [-0.25, -0.2) is 14.6 Å².